The second-order valence-corrected chi connectivity index (χ2v) is 8.63. The molecule has 0 radical (unpaired) electrons. The van der Waals surface area contributed by atoms with Crippen molar-refractivity contribution in [3.8, 4) is 21.9 Å². The lowest BCUT2D eigenvalue weighted by Gasteiger charge is -2.04. The molecule has 0 saturated carbocycles. The summed E-state index contributed by atoms with van der Waals surface area (Å²) in [5.74, 6) is -1.60. The summed E-state index contributed by atoms with van der Waals surface area (Å²) >= 11 is 1.62. The number of fused-ring (bicyclic) bond motifs is 1. The standard InChI is InChI=1S/C25H17F2N3O2S/c1-14-2-9-21-23(10-14)33-25(29-21)15-3-6-17(7-4-15)28-24(31)13-18-12-22(32-30-18)19-8-5-16(26)11-20(19)27/h2-12H,13H2,1H3,(H,28,31). The molecule has 5 nitrogen and oxygen atoms in total. The molecule has 0 aliphatic rings. The van der Waals surface area contributed by atoms with E-state index < -0.39 is 11.6 Å². The van der Waals surface area contributed by atoms with E-state index in [9.17, 15) is 13.6 Å². The molecule has 1 amide bonds. The van der Waals surface area contributed by atoms with Crippen molar-refractivity contribution in [2.45, 2.75) is 13.3 Å². The molecule has 0 aliphatic carbocycles. The fourth-order valence-corrected chi connectivity index (χ4v) is 4.50. The Morgan fingerprint density at radius 3 is 2.64 bits per heavy atom. The summed E-state index contributed by atoms with van der Waals surface area (Å²) in [6, 6.07) is 18.2. The molecule has 0 saturated heterocycles. The second kappa shape index (κ2) is 8.55. The number of nitrogens with one attached hydrogen (secondary N) is 1. The van der Waals surface area contributed by atoms with E-state index in [0.29, 0.717) is 11.4 Å². The number of carbonyl (C=O) groups excluding carboxylic acids is 1. The minimum absolute atomic E-state index is 0.0503. The van der Waals surface area contributed by atoms with Crippen LogP contribution in [0.2, 0.25) is 0 Å². The van der Waals surface area contributed by atoms with Crippen molar-refractivity contribution in [1.82, 2.24) is 10.1 Å². The van der Waals surface area contributed by atoms with Gasteiger partial charge in [-0.3, -0.25) is 4.79 Å². The average Bonchev–Trinajstić information content (AvgIpc) is 3.41. The third-order valence-electron chi connectivity index (χ3n) is 5.06. The molecular formula is C25H17F2N3O2S. The van der Waals surface area contributed by atoms with Gasteiger partial charge in [-0.15, -0.1) is 11.3 Å². The van der Waals surface area contributed by atoms with Crippen LogP contribution in [-0.4, -0.2) is 16.0 Å². The van der Waals surface area contributed by atoms with Gasteiger partial charge in [0.1, 0.15) is 16.6 Å². The molecule has 164 valence electrons. The number of hydrogen-bond donors (Lipinski definition) is 1. The molecule has 0 atom stereocenters. The number of halogens is 2. The first kappa shape index (κ1) is 21.0. The van der Waals surface area contributed by atoms with Crippen molar-refractivity contribution in [3.05, 3.63) is 89.6 Å². The fourth-order valence-electron chi connectivity index (χ4n) is 3.43. The van der Waals surface area contributed by atoms with Gasteiger partial charge in [0.2, 0.25) is 5.91 Å². The minimum Gasteiger partial charge on any atom is -0.356 e. The van der Waals surface area contributed by atoms with Crippen LogP contribution in [0.5, 0.6) is 0 Å². The molecular weight excluding hydrogens is 444 g/mol. The van der Waals surface area contributed by atoms with Gasteiger partial charge in [0, 0.05) is 23.4 Å². The Kier molecular flexibility index (Phi) is 5.43. The number of aromatic nitrogens is 2. The highest BCUT2D eigenvalue weighted by Gasteiger charge is 2.15. The predicted molar refractivity (Wildman–Crippen MR) is 124 cm³/mol. The van der Waals surface area contributed by atoms with Crippen LogP contribution in [0.1, 0.15) is 11.3 Å². The predicted octanol–water partition coefficient (Wildman–Crippen LogP) is 6.39. The number of benzene rings is 3. The van der Waals surface area contributed by atoms with Gasteiger partial charge >= 0.3 is 0 Å². The van der Waals surface area contributed by atoms with Gasteiger partial charge in [-0.2, -0.15) is 0 Å². The summed E-state index contributed by atoms with van der Waals surface area (Å²) in [4.78, 5) is 17.1. The van der Waals surface area contributed by atoms with Gasteiger partial charge in [0.05, 0.1) is 27.9 Å². The summed E-state index contributed by atoms with van der Waals surface area (Å²) in [6.07, 6.45) is -0.0503. The van der Waals surface area contributed by atoms with Crippen LogP contribution in [0.25, 0.3) is 32.1 Å². The maximum absolute atomic E-state index is 13.9. The first-order chi connectivity index (χ1) is 15.9. The third-order valence-corrected chi connectivity index (χ3v) is 6.12. The lowest BCUT2D eigenvalue weighted by molar-refractivity contribution is -0.115. The minimum atomic E-state index is -0.759. The number of nitrogens with zero attached hydrogens (tertiary/aromatic N) is 2. The van der Waals surface area contributed by atoms with Crippen molar-refractivity contribution >= 4 is 33.1 Å². The van der Waals surface area contributed by atoms with Crippen molar-refractivity contribution in [3.63, 3.8) is 0 Å². The number of carbonyl (C=O) groups is 1. The van der Waals surface area contributed by atoms with E-state index in [1.165, 1.54) is 17.7 Å². The van der Waals surface area contributed by atoms with Crippen LogP contribution in [0, 0.1) is 18.6 Å². The molecule has 5 aromatic rings. The van der Waals surface area contributed by atoms with Crippen molar-refractivity contribution < 1.29 is 18.1 Å². The van der Waals surface area contributed by atoms with E-state index in [1.807, 2.05) is 36.4 Å². The Bertz CT molecular complexity index is 1480. The summed E-state index contributed by atoms with van der Waals surface area (Å²) in [6.45, 7) is 2.05. The van der Waals surface area contributed by atoms with Crippen molar-refractivity contribution in [1.29, 1.82) is 0 Å². The number of aryl methyl sites for hydroxylation is 1. The normalized spacial score (nSPS) is 11.1. The number of anilines is 1. The SMILES string of the molecule is Cc1ccc2nc(-c3ccc(NC(=O)Cc4cc(-c5ccc(F)cc5F)on4)cc3)sc2c1. The van der Waals surface area contributed by atoms with Crippen molar-refractivity contribution in [2.75, 3.05) is 5.32 Å². The molecule has 5 rings (SSSR count). The quantitative estimate of drug-likeness (QED) is 0.329. The zero-order chi connectivity index (χ0) is 22.9. The van der Waals surface area contributed by atoms with Crippen LogP contribution in [0.4, 0.5) is 14.5 Å². The molecule has 2 heterocycles. The van der Waals surface area contributed by atoms with Gasteiger partial charge in [-0.05, 0) is 61.0 Å². The molecule has 3 aromatic carbocycles. The van der Waals surface area contributed by atoms with Crippen LogP contribution in [0.3, 0.4) is 0 Å². The van der Waals surface area contributed by atoms with Gasteiger partial charge in [-0.1, -0.05) is 11.2 Å². The Balaban J connectivity index is 1.25. The lowest BCUT2D eigenvalue weighted by Crippen LogP contribution is -2.14. The molecule has 33 heavy (non-hydrogen) atoms. The number of rotatable bonds is 5. The van der Waals surface area contributed by atoms with Crippen LogP contribution < -0.4 is 5.32 Å². The molecule has 0 unspecified atom stereocenters. The Morgan fingerprint density at radius 1 is 1.03 bits per heavy atom. The van der Waals surface area contributed by atoms with Crippen LogP contribution in [0.15, 0.2) is 71.3 Å². The maximum atomic E-state index is 13.9. The molecule has 0 aliphatic heterocycles. The molecule has 0 bridgehead atoms. The fraction of sp³-hybridized carbons (Fsp3) is 0.0800. The summed E-state index contributed by atoms with van der Waals surface area (Å²) in [5, 5.41) is 7.54. The summed E-state index contributed by atoms with van der Waals surface area (Å²) < 4.78 is 33.3. The molecule has 1 N–H and O–H groups in total. The van der Waals surface area contributed by atoms with E-state index in [4.69, 9.17) is 4.52 Å². The highest BCUT2D eigenvalue weighted by molar-refractivity contribution is 7.21. The zero-order valence-corrected chi connectivity index (χ0v) is 18.2. The van der Waals surface area contributed by atoms with Gasteiger partial charge in [-0.25, -0.2) is 13.8 Å². The van der Waals surface area contributed by atoms with E-state index in [0.717, 1.165) is 32.9 Å². The highest BCUT2D eigenvalue weighted by atomic mass is 32.1. The van der Waals surface area contributed by atoms with Crippen LogP contribution in [-0.2, 0) is 11.2 Å². The smallest absolute Gasteiger partial charge is 0.230 e. The zero-order valence-electron chi connectivity index (χ0n) is 17.4. The second-order valence-electron chi connectivity index (χ2n) is 7.60. The van der Waals surface area contributed by atoms with E-state index in [2.05, 4.69) is 28.4 Å². The average molecular weight is 461 g/mol. The Labute approximate surface area is 191 Å². The van der Waals surface area contributed by atoms with Gasteiger partial charge in [0.25, 0.3) is 0 Å². The third kappa shape index (κ3) is 4.51. The van der Waals surface area contributed by atoms with Gasteiger partial charge < -0.3 is 9.84 Å². The van der Waals surface area contributed by atoms with Crippen molar-refractivity contribution in [2.24, 2.45) is 0 Å². The molecule has 0 fully saturated rings. The topological polar surface area (TPSA) is 68.0 Å². The Morgan fingerprint density at radius 2 is 1.85 bits per heavy atom. The first-order valence-corrected chi connectivity index (χ1v) is 10.9. The lowest BCUT2D eigenvalue weighted by atomic mass is 10.1. The number of hydrogen-bond acceptors (Lipinski definition) is 5. The van der Waals surface area contributed by atoms with E-state index >= 15 is 0 Å². The molecule has 2 aromatic heterocycles. The van der Waals surface area contributed by atoms with Gasteiger partial charge in [0.15, 0.2) is 5.76 Å². The van der Waals surface area contributed by atoms with E-state index in [-0.39, 0.29) is 23.7 Å². The monoisotopic (exact) mass is 461 g/mol. The van der Waals surface area contributed by atoms with Crippen LogP contribution >= 0.6 is 11.3 Å². The summed E-state index contributed by atoms with van der Waals surface area (Å²) in [5.41, 5.74) is 4.18. The highest BCUT2D eigenvalue weighted by Crippen LogP contribution is 2.31. The number of amides is 1. The molecule has 0 spiro atoms. The number of thiazole rings is 1. The van der Waals surface area contributed by atoms with E-state index in [1.54, 1.807) is 11.3 Å². The summed E-state index contributed by atoms with van der Waals surface area (Å²) in [7, 11) is 0. The first-order valence-electron chi connectivity index (χ1n) is 10.1. The molecule has 8 heteroatoms. The largest absolute Gasteiger partial charge is 0.356 e. The maximum Gasteiger partial charge on any atom is 0.230 e. The Hall–Kier alpha value is -3.91.